The van der Waals surface area contributed by atoms with Crippen LogP contribution in [0.4, 0.5) is 0 Å². The van der Waals surface area contributed by atoms with Crippen LogP contribution in [0.15, 0.2) is 30.4 Å². The number of benzene rings is 1. The van der Waals surface area contributed by atoms with Crippen molar-refractivity contribution in [3.8, 4) is 11.5 Å². The zero-order valence-corrected chi connectivity index (χ0v) is 14.7. The summed E-state index contributed by atoms with van der Waals surface area (Å²) in [5, 5.41) is 40.0. The molecular formula is C19H24O7. The number of aliphatic hydroxyl groups excluding tert-OH is 3. The van der Waals surface area contributed by atoms with Gasteiger partial charge in [0.15, 0.2) is 0 Å². The van der Waals surface area contributed by atoms with E-state index in [9.17, 15) is 25.2 Å². The number of hydrogen-bond acceptors (Lipinski definition) is 7. The van der Waals surface area contributed by atoms with Crippen LogP contribution in [-0.4, -0.2) is 57.9 Å². The predicted molar refractivity (Wildman–Crippen MR) is 95.0 cm³/mol. The third-order valence-corrected chi connectivity index (χ3v) is 4.09. The molecule has 142 valence electrons. The van der Waals surface area contributed by atoms with Gasteiger partial charge in [0.1, 0.15) is 35.4 Å². The maximum atomic E-state index is 12.5. The Morgan fingerprint density at radius 3 is 2.58 bits per heavy atom. The van der Waals surface area contributed by atoms with E-state index in [1.165, 1.54) is 31.4 Å². The lowest BCUT2D eigenvalue weighted by Gasteiger charge is -2.20. The molecule has 0 saturated heterocycles. The van der Waals surface area contributed by atoms with Crippen molar-refractivity contribution in [2.45, 2.75) is 44.2 Å². The van der Waals surface area contributed by atoms with Gasteiger partial charge in [-0.15, -0.1) is 0 Å². The Labute approximate surface area is 151 Å². The number of carbonyl (C=O) groups is 1. The molecule has 1 aromatic rings. The Bertz CT molecular complexity index is 695. The van der Waals surface area contributed by atoms with E-state index in [0.717, 1.165) is 0 Å². The summed E-state index contributed by atoms with van der Waals surface area (Å²) < 4.78 is 10.4. The molecule has 0 aromatic heterocycles. The topological polar surface area (TPSA) is 116 Å². The average Bonchev–Trinajstić information content (AvgIpc) is 2.59. The van der Waals surface area contributed by atoms with Gasteiger partial charge >= 0.3 is 5.97 Å². The SMILES string of the molecule is COc1cc(O)c2c(c1)/C=C/C[C@H](O)[C@H](O)C(O)/C=C\C[C@H](C)OC2=O. The number of phenols is 1. The molecule has 7 heteroatoms. The Kier molecular flexibility index (Phi) is 6.79. The van der Waals surface area contributed by atoms with Crippen LogP contribution in [0.3, 0.4) is 0 Å². The summed E-state index contributed by atoms with van der Waals surface area (Å²) in [5.74, 6) is -0.615. The molecule has 2 rings (SSSR count). The molecule has 1 aliphatic heterocycles. The predicted octanol–water partition coefficient (Wildman–Crippen LogP) is 1.39. The van der Waals surface area contributed by atoms with Crippen LogP contribution in [0.1, 0.15) is 35.7 Å². The molecule has 1 aromatic carbocycles. The van der Waals surface area contributed by atoms with Crippen LogP contribution in [-0.2, 0) is 4.74 Å². The van der Waals surface area contributed by atoms with Gasteiger partial charge in [-0.2, -0.15) is 0 Å². The number of methoxy groups -OCH3 is 1. The Balaban J connectivity index is 2.44. The molecule has 7 nitrogen and oxygen atoms in total. The van der Waals surface area contributed by atoms with Gasteiger partial charge in [-0.05, 0) is 25.0 Å². The van der Waals surface area contributed by atoms with Gasteiger partial charge < -0.3 is 29.9 Å². The Morgan fingerprint density at radius 1 is 1.15 bits per heavy atom. The molecule has 1 heterocycles. The lowest BCUT2D eigenvalue weighted by Crippen LogP contribution is -2.35. The van der Waals surface area contributed by atoms with E-state index in [1.54, 1.807) is 19.1 Å². The van der Waals surface area contributed by atoms with Crippen LogP contribution in [0.25, 0.3) is 6.08 Å². The summed E-state index contributed by atoms with van der Waals surface area (Å²) >= 11 is 0. The second kappa shape index (κ2) is 8.84. The highest BCUT2D eigenvalue weighted by Gasteiger charge is 2.23. The molecule has 1 unspecified atom stereocenters. The van der Waals surface area contributed by atoms with Gasteiger partial charge in [0.05, 0.1) is 13.2 Å². The molecule has 0 aliphatic carbocycles. The van der Waals surface area contributed by atoms with Crippen LogP contribution >= 0.6 is 0 Å². The number of cyclic esters (lactones) is 1. The fraction of sp³-hybridized carbons (Fsp3) is 0.421. The standard InChI is InChI=1S/C19H24O7/c1-11-5-3-7-14(20)18(23)15(21)8-4-6-12-9-13(25-2)10-16(22)17(12)19(24)26-11/h3-4,6-7,9-11,14-15,18,20-23H,5,8H2,1-2H3/b6-4+,7-3-/t11-,14?,15-,18+/m0/s1. The van der Waals surface area contributed by atoms with E-state index in [1.807, 2.05) is 0 Å². The first kappa shape index (κ1) is 20.0. The monoisotopic (exact) mass is 364 g/mol. The number of aliphatic hydroxyl groups is 3. The molecule has 0 radical (unpaired) electrons. The van der Waals surface area contributed by atoms with Crippen molar-refractivity contribution in [1.29, 1.82) is 0 Å². The van der Waals surface area contributed by atoms with Crippen LogP contribution in [0.5, 0.6) is 11.5 Å². The summed E-state index contributed by atoms with van der Waals surface area (Å²) in [7, 11) is 1.43. The zero-order chi connectivity index (χ0) is 19.3. The quantitative estimate of drug-likeness (QED) is 0.439. The lowest BCUT2D eigenvalue weighted by atomic mass is 10.0. The van der Waals surface area contributed by atoms with E-state index >= 15 is 0 Å². The minimum absolute atomic E-state index is 0.00925. The van der Waals surface area contributed by atoms with Crippen LogP contribution in [0, 0.1) is 0 Å². The minimum atomic E-state index is -1.35. The third kappa shape index (κ3) is 4.85. The van der Waals surface area contributed by atoms with E-state index in [-0.39, 0.29) is 17.7 Å². The van der Waals surface area contributed by atoms with Crippen LogP contribution in [0.2, 0.25) is 0 Å². The van der Waals surface area contributed by atoms with E-state index < -0.39 is 30.4 Å². The number of rotatable bonds is 1. The molecule has 0 amide bonds. The fourth-order valence-corrected chi connectivity index (χ4v) is 2.61. The Morgan fingerprint density at radius 2 is 1.88 bits per heavy atom. The number of esters is 1. The minimum Gasteiger partial charge on any atom is -0.507 e. The number of fused-ring (bicyclic) bond motifs is 1. The molecule has 4 N–H and O–H groups in total. The van der Waals surface area contributed by atoms with Gasteiger partial charge in [0.2, 0.25) is 0 Å². The first-order valence-electron chi connectivity index (χ1n) is 8.32. The van der Waals surface area contributed by atoms with Gasteiger partial charge in [0, 0.05) is 12.5 Å². The molecule has 4 atom stereocenters. The zero-order valence-electron chi connectivity index (χ0n) is 14.7. The van der Waals surface area contributed by atoms with E-state index in [2.05, 4.69) is 0 Å². The number of phenolic OH excluding ortho intramolecular Hbond substituents is 1. The van der Waals surface area contributed by atoms with Gasteiger partial charge in [0.25, 0.3) is 0 Å². The second-order valence-electron chi connectivity index (χ2n) is 6.18. The highest BCUT2D eigenvalue weighted by Crippen LogP contribution is 2.30. The molecule has 26 heavy (non-hydrogen) atoms. The van der Waals surface area contributed by atoms with E-state index in [0.29, 0.717) is 17.7 Å². The maximum absolute atomic E-state index is 12.5. The normalized spacial score (nSPS) is 29.8. The van der Waals surface area contributed by atoms with Crippen molar-refractivity contribution in [2.24, 2.45) is 0 Å². The molecule has 0 spiro atoms. The first-order chi connectivity index (χ1) is 12.3. The third-order valence-electron chi connectivity index (χ3n) is 4.09. The molecule has 1 aliphatic rings. The lowest BCUT2D eigenvalue weighted by molar-refractivity contribution is -0.0394. The number of hydrogen-bond donors (Lipinski definition) is 4. The number of aromatic hydroxyl groups is 1. The molecule has 0 saturated carbocycles. The summed E-state index contributed by atoms with van der Waals surface area (Å²) in [6.07, 6.45) is 2.00. The fourth-order valence-electron chi connectivity index (χ4n) is 2.61. The summed E-state index contributed by atoms with van der Waals surface area (Å²) in [4.78, 5) is 12.5. The van der Waals surface area contributed by atoms with Crippen LogP contribution < -0.4 is 4.74 Å². The number of carbonyl (C=O) groups excluding carboxylic acids is 1. The first-order valence-corrected chi connectivity index (χ1v) is 8.32. The molecule has 0 fully saturated rings. The van der Waals surface area contributed by atoms with E-state index in [4.69, 9.17) is 9.47 Å². The number of ether oxygens (including phenoxy) is 2. The van der Waals surface area contributed by atoms with Crippen molar-refractivity contribution < 1.29 is 34.7 Å². The maximum Gasteiger partial charge on any atom is 0.342 e. The van der Waals surface area contributed by atoms with Crippen molar-refractivity contribution in [1.82, 2.24) is 0 Å². The summed E-state index contributed by atoms with van der Waals surface area (Å²) in [6, 6.07) is 2.87. The van der Waals surface area contributed by atoms with Gasteiger partial charge in [-0.1, -0.05) is 24.3 Å². The van der Waals surface area contributed by atoms with Crippen molar-refractivity contribution in [3.63, 3.8) is 0 Å². The average molecular weight is 364 g/mol. The van der Waals surface area contributed by atoms with Gasteiger partial charge in [-0.3, -0.25) is 0 Å². The van der Waals surface area contributed by atoms with Crippen molar-refractivity contribution in [3.05, 3.63) is 41.5 Å². The van der Waals surface area contributed by atoms with Gasteiger partial charge in [-0.25, -0.2) is 4.79 Å². The molecule has 0 bridgehead atoms. The summed E-state index contributed by atoms with van der Waals surface area (Å²) in [6.45, 7) is 1.67. The second-order valence-corrected chi connectivity index (χ2v) is 6.18. The summed E-state index contributed by atoms with van der Waals surface area (Å²) in [5.41, 5.74) is 0.346. The Hall–Kier alpha value is -2.35. The smallest absolute Gasteiger partial charge is 0.342 e. The van der Waals surface area contributed by atoms with Crippen molar-refractivity contribution in [2.75, 3.05) is 7.11 Å². The largest absolute Gasteiger partial charge is 0.507 e. The highest BCUT2D eigenvalue weighted by atomic mass is 16.5. The van der Waals surface area contributed by atoms with Crippen molar-refractivity contribution >= 4 is 12.0 Å². The highest BCUT2D eigenvalue weighted by molar-refractivity contribution is 5.97. The molecular weight excluding hydrogens is 340 g/mol.